The van der Waals surface area contributed by atoms with Crippen molar-refractivity contribution in [2.75, 3.05) is 6.54 Å². The van der Waals surface area contributed by atoms with Crippen LogP contribution in [0.1, 0.15) is 37.6 Å². The lowest BCUT2D eigenvalue weighted by Gasteiger charge is -2.38. The first-order valence-electron chi connectivity index (χ1n) is 7.25. The second-order valence-corrected chi connectivity index (χ2v) is 7.27. The summed E-state index contributed by atoms with van der Waals surface area (Å²) in [6.07, 6.45) is 6.28. The standard InChI is InChI=1S/C16H22N2S/c1-12-5-4-8-16(9-12,11-17)10-15-18-13-6-2-3-7-14(13)19-15/h2-3,6-7,12H,4-5,8-11,17H2,1H3. The molecule has 0 spiro atoms. The van der Waals surface area contributed by atoms with E-state index in [1.165, 1.54) is 35.4 Å². The van der Waals surface area contributed by atoms with E-state index in [1.54, 1.807) is 0 Å². The van der Waals surface area contributed by atoms with Crippen LogP contribution < -0.4 is 5.73 Å². The number of hydrogen-bond donors (Lipinski definition) is 1. The van der Waals surface area contributed by atoms with Gasteiger partial charge >= 0.3 is 0 Å². The van der Waals surface area contributed by atoms with Crippen molar-refractivity contribution in [1.29, 1.82) is 0 Å². The predicted octanol–water partition coefficient (Wildman–Crippen LogP) is 3.99. The Balaban J connectivity index is 1.85. The quantitative estimate of drug-likeness (QED) is 0.919. The first-order chi connectivity index (χ1) is 9.21. The van der Waals surface area contributed by atoms with Crippen LogP contribution in [0.3, 0.4) is 0 Å². The number of hydrogen-bond acceptors (Lipinski definition) is 3. The normalized spacial score (nSPS) is 27.8. The van der Waals surface area contributed by atoms with Gasteiger partial charge in [-0.15, -0.1) is 11.3 Å². The fourth-order valence-corrected chi connectivity index (χ4v) is 4.64. The second kappa shape index (κ2) is 5.22. The number of fused-ring (bicyclic) bond motifs is 1. The fraction of sp³-hybridized carbons (Fsp3) is 0.562. The van der Waals surface area contributed by atoms with Gasteiger partial charge < -0.3 is 5.73 Å². The van der Waals surface area contributed by atoms with Gasteiger partial charge in [0.1, 0.15) is 0 Å². The van der Waals surface area contributed by atoms with Gasteiger partial charge in [0.25, 0.3) is 0 Å². The third-order valence-corrected chi connectivity index (χ3v) is 5.52. The maximum atomic E-state index is 6.12. The number of benzene rings is 1. The molecule has 1 fully saturated rings. The largest absolute Gasteiger partial charge is 0.330 e. The molecular weight excluding hydrogens is 252 g/mol. The Morgan fingerprint density at radius 3 is 3.00 bits per heavy atom. The Morgan fingerprint density at radius 2 is 2.26 bits per heavy atom. The van der Waals surface area contributed by atoms with Gasteiger partial charge in [-0.25, -0.2) is 4.98 Å². The molecule has 1 aromatic heterocycles. The molecule has 0 saturated heterocycles. The van der Waals surface area contributed by atoms with Crippen molar-refractivity contribution in [3.8, 4) is 0 Å². The molecule has 102 valence electrons. The highest BCUT2D eigenvalue weighted by atomic mass is 32.1. The van der Waals surface area contributed by atoms with Crippen LogP contribution in [0.15, 0.2) is 24.3 Å². The number of nitrogens with two attached hydrogens (primary N) is 1. The van der Waals surface area contributed by atoms with E-state index in [9.17, 15) is 0 Å². The summed E-state index contributed by atoms with van der Waals surface area (Å²) in [5.74, 6) is 0.812. The third-order valence-electron chi connectivity index (χ3n) is 4.48. The van der Waals surface area contributed by atoms with Gasteiger partial charge in [0, 0.05) is 6.42 Å². The maximum absolute atomic E-state index is 6.12. The first kappa shape index (κ1) is 13.1. The third kappa shape index (κ3) is 2.67. The van der Waals surface area contributed by atoms with Gasteiger partial charge in [0.05, 0.1) is 15.2 Å². The summed E-state index contributed by atoms with van der Waals surface area (Å²) in [6.45, 7) is 3.16. The molecule has 1 aromatic carbocycles. The van der Waals surface area contributed by atoms with Crippen LogP contribution in [0.25, 0.3) is 10.2 Å². The minimum atomic E-state index is 0.297. The maximum Gasteiger partial charge on any atom is 0.0944 e. The SMILES string of the molecule is CC1CCCC(CN)(Cc2nc3ccccc3s2)C1. The number of thiazole rings is 1. The van der Waals surface area contributed by atoms with Gasteiger partial charge in [0.2, 0.25) is 0 Å². The van der Waals surface area contributed by atoms with Crippen molar-refractivity contribution in [2.24, 2.45) is 17.1 Å². The van der Waals surface area contributed by atoms with Gasteiger partial charge in [0.15, 0.2) is 0 Å². The van der Waals surface area contributed by atoms with Gasteiger partial charge in [-0.1, -0.05) is 31.9 Å². The summed E-state index contributed by atoms with van der Waals surface area (Å²) < 4.78 is 1.30. The molecule has 1 aliphatic carbocycles. The van der Waals surface area contributed by atoms with Crippen molar-refractivity contribution in [3.05, 3.63) is 29.3 Å². The highest BCUT2D eigenvalue weighted by Crippen LogP contribution is 2.42. The van der Waals surface area contributed by atoms with Gasteiger partial charge in [-0.2, -0.15) is 0 Å². The Bertz CT molecular complexity index is 530. The summed E-state index contributed by atoms with van der Waals surface area (Å²) in [5.41, 5.74) is 7.55. The molecule has 0 radical (unpaired) electrons. The smallest absolute Gasteiger partial charge is 0.0944 e. The molecule has 2 nitrogen and oxygen atoms in total. The lowest BCUT2D eigenvalue weighted by atomic mass is 9.68. The van der Waals surface area contributed by atoms with Crippen molar-refractivity contribution in [1.82, 2.24) is 4.98 Å². The van der Waals surface area contributed by atoms with Crippen LogP contribution in [0, 0.1) is 11.3 Å². The summed E-state index contributed by atoms with van der Waals surface area (Å²) in [7, 11) is 0. The van der Waals surface area contributed by atoms with Crippen molar-refractivity contribution < 1.29 is 0 Å². The van der Waals surface area contributed by atoms with E-state index in [4.69, 9.17) is 10.7 Å². The average molecular weight is 274 g/mol. The Kier molecular flexibility index (Phi) is 3.59. The number of nitrogens with zero attached hydrogens (tertiary/aromatic N) is 1. The molecular formula is C16H22N2S. The van der Waals surface area contributed by atoms with Crippen LogP contribution in [0.2, 0.25) is 0 Å². The zero-order valence-electron chi connectivity index (χ0n) is 11.6. The number of rotatable bonds is 3. The Hall–Kier alpha value is -0.930. The molecule has 2 N–H and O–H groups in total. The molecule has 3 rings (SSSR count). The molecule has 2 atom stereocenters. The van der Waals surface area contributed by atoms with Crippen LogP contribution in [-0.4, -0.2) is 11.5 Å². The lowest BCUT2D eigenvalue weighted by Crippen LogP contribution is -2.37. The molecule has 1 saturated carbocycles. The molecule has 19 heavy (non-hydrogen) atoms. The van der Waals surface area contributed by atoms with E-state index in [1.807, 2.05) is 11.3 Å². The Morgan fingerprint density at radius 1 is 1.42 bits per heavy atom. The molecule has 3 heteroatoms. The second-order valence-electron chi connectivity index (χ2n) is 6.16. The fourth-order valence-electron chi connectivity index (χ4n) is 3.50. The van der Waals surface area contributed by atoms with Crippen molar-refractivity contribution in [2.45, 2.75) is 39.0 Å². The summed E-state index contributed by atoms with van der Waals surface area (Å²) >= 11 is 1.84. The minimum absolute atomic E-state index is 0.297. The van der Waals surface area contributed by atoms with E-state index >= 15 is 0 Å². The minimum Gasteiger partial charge on any atom is -0.330 e. The van der Waals surface area contributed by atoms with E-state index in [2.05, 4.69) is 31.2 Å². The molecule has 1 aliphatic rings. The van der Waals surface area contributed by atoms with E-state index in [-0.39, 0.29) is 0 Å². The molecule has 1 heterocycles. The zero-order chi connectivity index (χ0) is 13.3. The highest BCUT2D eigenvalue weighted by molar-refractivity contribution is 7.18. The monoisotopic (exact) mass is 274 g/mol. The van der Waals surface area contributed by atoms with Crippen LogP contribution in [0.4, 0.5) is 0 Å². The van der Waals surface area contributed by atoms with Crippen molar-refractivity contribution >= 4 is 21.6 Å². The van der Waals surface area contributed by atoms with E-state index in [0.29, 0.717) is 5.41 Å². The van der Waals surface area contributed by atoms with Crippen LogP contribution >= 0.6 is 11.3 Å². The lowest BCUT2D eigenvalue weighted by molar-refractivity contribution is 0.154. The van der Waals surface area contributed by atoms with Crippen LogP contribution in [0.5, 0.6) is 0 Å². The van der Waals surface area contributed by atoms with E-state index in [0.717, 1.165) is 24.4 Å². The molecule has 2 unspecified atom stereocenters. The average Bonchev–Trinajstić information content (AvgIpc) is 2.80. The summed E-state index contributed by atoms with van der Waals surface area (Å²) in [4.78, 5) is 4.79. The molecule has 0 bridgehead atoms. The number of aromatic nitrogens is 1. The van der Waals surface area contributed by atoms with E-state index < -0.39 is 0 Å². The van der Waals surface area contributed by atoms with Crippen LogP contribution in [-0.2, 0) is 6.42 Å². The van der Waals surface area contributed by atoms with Gasteiger partial charge in [-0.3, -0.25) is 0 Å². The molecule has 0 amide bonds. The zero-order valence-corrected chi connectivity index (χ0v) is 12.4. The molecule has 0 aliphatic heterocycles. The number of para-hydroxylation sites is 1. The van der Waals surface area contributed by atoms with Crippen molar-refractivity contribution in [3.63, 3.8) is 0 Å². The summed E-state index contributed by atoms with van der Waals surface area (Å²) in [5, 5.41) is 1.26. The first-order valence-corrected chi connectivity index (χ1v) is 8.07. The predicted molar refractivity (Wildman–Crippen MR) is 82.4 cm³/mol. The highest BCUT2D eigenvalue weighted by Gasteiger charge is 2.34. The summed E-state index contributed by atoms with van der Waals surface area (Å²) in [6, 6.07) is 8.42. The molecule has 2 aromatic rings. The Labute approximate surface area is 119 Å². The van der Waals surface area contributed by atoms with Gasteiger partial charge in [-0.05, 0) is 42.9 Å². The topological polar surface area (TPSA) is 38.9 Å².